The molecule has 0 fully saturated rings. The van der Waals surface area contributed by atoms with Crippen LogP contribution in [0.25, 0.3) is 0 Å². The Labute approximate surface area is 136 Å². The SMILES string of the molecule is CCNc1nnc(SCC(=O)Nc2cccc(SC)c2)s1. The van der Waals surface area contributed by atoms with Crippen molar-refractivity contribution in [1.82, 2.24) is 10.2 Å². The maximum absolute atomic E-state index is 11.9. The molecule has 0 saturated heterocycles. The molecule has 0 bridgehead atoms. The standard InChI is InChI=1S/C13H16N4OS3/c1-3-14-12-16-17-13(21-12)20-8-11(18)15-9-5-4-6-10(7-9)19-2/h4-7H,3,8H2,1-2H3,(H,14,16)(H,15,18). The first-order valence-corrected chi connectivity index (χ1v) is 9.38. The first-order chi connectivity index (χ1) is 10.2. The van der Waals surface area contributed by atoms with Gasteiger partial charge in [0.2, 0.25) is 11.0 Å². The van der Waals surface area contributed by atoms with E-state index in [4.69, 9.17) is 0 Å². The number of benzene rings is 1. The van der Waals surface area contributed by atoms with Crippen molar-refractivity contribution in [2.24, 2.45) is 0 Å². The van der Waals surface area contributed by atoms with Crippen molar-refractivity contribution >= 4 is 51.6 Å². The Balaban J connectivity index is 1.83. The van der Waals surface area contributed by atoms with E-state index in [1.165, 1.54) is 23.1 Å². The summed E-state index contributed by atoms with van der Waals surface area (Å²) in [4.78, 5) is 13.0. The number of hydrogen-bond acceptors (Lipinski definition) is 7. The average molecular weight is 340 g/mol. The second-order valence-corrected chi connectivity index (χ2v) is 7.05. The molecule has 0 unspecified atom stereocenters. The van der Waals surface area contributed by atoms with Gasteiger partial charge < -0.3 is 10.6 Å². The maximum Gasteiger partial charge on any atom is 0.234 e. The molecular formula is C13H16N4OS3. The summed E-state index contributed by atoms with van der Waals surface area (Å²) >= 11 is 4.50. The predicted molar refractivity (Wildman–Crippen MR) is 91.6 cm³/mol. The average Bonchev–Trinajstić information content (AvgIpc) is 2.93. The molecule has 2 aromatic rings. The molecule has 0 spiro atoms. The Morgan fingerprint density at radius 3 is 3.00 bits per heavy atom. The van der Waals surface area contributed by atoms with E-state index in [0.29, 0.717) is 5.75 Å². The molecular weight excluding hydrogens is 324 g/mol. The number of hydrogen-bond donors (Lipinski definition) is 2. The number of aromatic nitrogens is 2. The molecule has 5 nitrogen and oxygen atoms in total. The molecule has 0 saturated carbocycles. The zero-order valence-corrected chi connectivity index (χ0v) is 14.2. The highest BCUT2D eigenvalue weighted by atomic mass is 32.2. The lowest BCUT2D eigenvalue weighted by Gasteiger charge is -2.05. The number of carbonyl (C=O) groups is 1. The van der Waals surface area contributed by atoms with Crippen molar-refractivity contribution in [3.8, 4) is 0 Å². The first kappa shape index (κ1) is 16.1. The molecule has 1 amide bonds. The molecule has 0 atom stereocenters. The van der Waals surface area contributed by atoms with Gasteiger partial charge in [0.1, 0.15) is 0 Å². The van der Waals surface area contributed by atoms with Crippen LogP contribution in [0.15, 0.2) is 33.5 Å². The minimum absolute atomic E-state index is 0.0431. The van der Waals surface area contributed by atoms with Gasteiger partial charge in [-0.05, 0) is 31.4 Å². The summed E-state index contributed by atoms with van der Waals surface area (Å²) < 4.78 is 0.791. The van der Waals surface area contributed by atoms with Crippen molar-refractivity contribution in [1.29, 1.82) is 0 Å². The van der Waals surface area contributed by atoms with Crippen molar-refractivity contribution < 1.29 is 4.79 Å². The van der Waals surface area contributed by atoms with E-state index in [-0.39, 0.29) is 5.91 Å². The van der Waals surface area contributed by atoms with Crippen molar-refractivity contribution in [2.75, 3.05) is 29.2 Å². The molecule has 21 heavy (non-hydrogen) atoms. The zero-order chi connectivity index (χ0) is 15.1. The van der Waals surface area contributed by atoms with E-state index in [2.05, 4.69) is 20.8 Å². The normalized spacial score (nSPS) is 10.4. The molecule has 112 valence electrons. The zero-order valence-electron chi connectivity index (χ0n) is 11.8. The molecule has 0 aliphatic rings. The second-order valence-electron chi connectivity index (χ2n) is 3.97. The van der Waals surface area contributed by atoms with Crippen LogP contribution in [0.5, 0.6) is 0 Å². The van der Waals surface area contributed by atoms with Gasteiger partial charge in [-0.15, -0.1) is 22.0 Å². The summed E-state index contributed by atoms with van der Waals surface area (Å²) in [5.74, 6) is 0.281. The van der Waals surface area contributed by atoms with Crippen molar-refractivity contribution in [3.63, 3.8) is 0 Å². The van der Waals surface area contributed by atoms with Gasteiger partial charge in [-0.2, -0.15) is 0 Å². The monoisotopic (exact) mass is 340 g/mol. The van der Waals surface area contributed by atoms with Gasteiger partial charge in [0.05, 0.1) is 5.75 Å². The Kier molecular flexibility index (Phi) is 6.34. The number of anilines is 2. The second kappa shape index (κ2) is 8.26. The van der Waals surface area contributed by atoms with Crippen molar-refractivity contribution in [3.05, 3.63) is 24.3 Å². The summed E-state index contributed by atoms with van der Waals surface area (Å²) in [7, 11) is 0. The lowest BCUT2D eigenvalue weighted by atomic mass is 10.3. The number of carbonyl (C=O) groups excluding carboxylic acids is 1. The van der Waals surface area contributed by atoms with E-state index >= 15 is 0 Å². The van der Waals surface area contributed by atoms with Gasteiger partial charge >= 0.3 is 0 Å². The largest absolute Gasteiger partial charge is 0.360 e. The van der Waals surface area contributed by atoms with Crippen LogP contribution in [0.3, 0.4) is 0 Å². The van der Waals surface area contributed by atoms with Crippen LogP contribution in [-0.2, 0) is 4.79 Å². The van der Waals surface area contributed by atoms with Crippen LogP contribution in [0.1, 0.15) is 6.92 Å². The minimum Gasteiger partial charge on any atom is -0.360 e. The fourth-order valence-corrected chi connectivity index (χ4v) is 3.60. The first-order valence-electron chi connectivity index (χ1n) is 6.35. The van der Waals surface area contributed by atoms with Gasteiger partial charge in [0, 0.05) is 17.1 Å². The molecule has 2 N–H and O–H groups in total. The maximum atomic E-state index is 11.9. The molecule has 1 aromatic carbocycles. The van der Waals surface area contributed by atoms with Gasteiger partial charge in [-0.1, -0.05) is 29.2 Å². The summed E-state index contributed by atoms with van der Waals surface area (Å²) in [6.45, 7) is 2.82. The summed E-state index contributed by atoms with van der Waals surface area (Å²) in [6, 6.07) is 7.79. The lowest BCUT2D eigenvalue weighted by Crippen LogP contribution is -2.13. The molecule has 0 aliphatic heterocycles. The number of rotatable bonds is 7. The predicted octanol–water partition coefficient (Wildman–Crippen LogP) is 3.42. The summed E-state index contributed by atoms with van der Waals surface area (Å²) in [5, 5.41) is 14.8. The third kappa shape index (κ3) is 5.22. The van der Waals surface area contributed by atoms with E-state index in [1.54, 1.807) is 11.8 Å². The Bertz CT molecular complexity index is 603. The Hall–Kier alpha value is -1.25. The Morgan fingerprint density at radius 1 is 1.38 bits per heavy atom. The molecule has 1 aromatic heterocycles. The third-order valence-electron chi connectivity index (χ3n) is 2.41. The number of nitrogens with one attached hydrogen (secondary N) is 2. The van der Waals surface area contributed by atoms with E-state index in [1.807, 2.05) is 37.4 Å². The summed E-state index contributed by atoms with van der Waals surface area (Å²) in [6.07, 6.45) is 2.01. The smallest absolute Gasteiger partial charge is 0.234 e. The number of amides is 1. The fraction of sp³-hybridized carbons (Fsp3) is 0.308. The highest BCUT2D eigenvalue weighted by Gasteiger charge is 2.08. The molecule has 0 aliphatic carbocycles. The fourth-order valence-electron chi connectivity index (χ4n) is 1.52. The van der Waals surface area contributed by atoms with Crippen LogP contribution >= 0.6 is 34.9 Å². The molecule has 1 heterocycles. The Morgan fingerprint density at radius 2 is 2.24 bits per heavy atom. The van der Waals surface area contributed by atoms with Gasteiger partial charge in [-0.25, -0.2) is 0 Å². The summed E-state index contributed by atoms with van der Waals surface area (Å²) in [5.41, 5.74) is 0.818. The highest BCUT2D eigenvalue weighted by molar-refractivity contribution is 8.01. The third-order valence-corrected chi connectivity index (χ3v) is 5.15. The van der Waals surface area contributed by atoms with Crippen LogP contribution in [-0.4, -0.2) is 34.7 Å². The number of nitrogens with zero attached hydrogens (tertiary/aromatic N) is 2. The quantitative estimate of drug-likeness (QED) is 0.753. The van der Waals surface area contributed by atoms with Crippen LogP contribution in [0.4, 0.5) is 10.8 Å². The topological polar surface area (TPSA) is 66.9 Å². The van der Waals surface area contributed by atoms with Crippen LogP contribution in [0.2, 0.25) is 0 Å². The van der Waals surface area contributed by atoms with E-state index in [0.717, 1.165) is 26.6 Å². The van der Waals surface area contributed by atoms with Gasteiger partial charge in [-0.3, -0.25) is 4.79 Å². The number of thioether (sulfide) groups is 2. The molecule has 8 heteroatoms. The van der Waals surface area contributed by atoms with Crippen LogP contribution < -0.4 is 10.6 Å². The molecule has 0 radical (unpaired) electrons. The molecule has 2 rings (SSSR count). The van der Waals surface area contributed by atoms with Gasteiger partial charge in [0.25, 0.3) is 0 Å². The van der Waals surface area contributed by atoms with Gasteiger partial charge in [0.15, 0.2) is 4.34 Å². The van der Waals surface area contributed by atoms with E-state index in [9.17, 15) is 4.79 Å². The highest BCUT2D eigenvalue weighted by Crippen LogP contribution is 2.25. The van der Waals surface area contributed by atoms with E-state index < -0.39 is 0 Å². The van der Waals surface area contributed by atoms with Crippen LogP contribution in [0, 0.1) is 0 Å². The lowest BCUT2D eigenvalue weighted by molar-refractivity contribution is -0.113. The minimum atomic E-state index is -0.0431. The van der Waals surface area contributed by atoms with Crippen molar-refractivity contribution in [2.45, 2.75) is 16.2 Å².